The molecular formula is C21H23NO4. The highest BCUT2D eigenvalue weighted by atomic mass is 16.4. The summed E-state index contributed by atoms with van der Waals surface area (Å²) in [5.41, 5.74) is 2.47. The van der Waals surface area contributed by atoms with Crippen molar-refractivity contribution in [2.45, 2.75) is 33.1 Å². The summed E-state index contributed by atoms with van der Waals surface area (Å²) in [7, 11) is 0. The molecule has 0 saturated carbocycles. The largest absolute Gasteiger partial charge is 0.481 e. The second kappa shape index (κ2) is 8.43. The first-order chi connectivity index (χ1) is 12.3. The number of aliphatic carboxylic acids is 1. The zero-order chi connectivity index (χ0) is 19.3. The van der Waals surface area contributed by atoms with Crippen LogP contribution in [0.4, 0.5) is 5.69 Å². The molecular weight excluding hydrogens is 330 g/mol. The summed E-state index contributed by atoms with van der Waals surface area (Å²) < 4.78 is 0. The van der Waals surface area contributed by atoms with Crippen molar-refractivity contribution < 1.29 is 19.5 Å². The number of carbonyl (C=O) groups is 3. The van der Waals surface area contributed by atoms with Crippen LogP contribution < -0.4 is 5.32 Å². The lowest BCUT2D eigenvalue weighted by molar-refractivity contribution is -0.136. The van der Waals surface area contributed by atoms with Crippen molar-refractivity contribution in [2.75, 3.05) is 5.32 Å². The van der Waals surface area contributed by atoms with Crippen LogP contribution in [0.2, 0.25) is 0 Å². The summed E-state index contributed by atoms with van der Waals surface area (Å²) in [5, 5.41) is 11.8. The number of para-hydroxylation sites is 1. The molecule has 0 aliphatic heterocycles. The second-order valence-electron chi connectivity index (χ2n) is 6.58. The van der Waals surface area contributed by atoms with Gasteiger partial charge < -0.3 is 10.4 Å². The van der Waals surface area contributed by atoms with Crippen molar-refractivity contribution in [1.29, 1.82) is 0 Å². The molecule has 5 nitrogen and oxygen atoms in total. The Morgan fingerprint density at radius 2 is 1.58 bits per heavy atom. The minimum atomic E-state index is -0.954. The van der Waals surface area contributed by atoms with Gasteiger partial charge in [-0.15, -0.1) is 0 Å². The maximum atomic E-state index is 12.6. The number of ketones is 1. The van der Waals surface area contributed by atoms with Gasteiger partial charge in [-0.3, -0.25) is 14.4 Å². The van der Waals surface area contributed by atoms with E-state index in [1.807, 2.05) is 13.8 Å². The molecule has 2 rings (SSSR count). The summed E-state index contributed by atoms with van der Waals surface area (Å²) in [6.45, 7) is 5.47. The van der Waals surface area contributed by atoms with Gasteiger partial charge in [0.25, 0.3) is 0 Å². The van der Waals surface area contributed by atoms with E-state index in [1.165, 1.54) is 0 Å². The first-order valence-electron chi connectivity index (χ1n) is 8.54. The van der Waals surface area contributed by atoms with Crippen LogP contribution in [0.15, 0.2) is 48.5 Å². The van der Waals surface area contributed by atoms with Crippen LogP contribution in [0.25, 0.3) is 0 Å². The van der Waals surface area contributed by atoms with E-state index in [0.717, 1.165) is 5.56 Å². The Hall–Kier alpha value is -2.95. The highest BCUT2D eigenvalue weighted by Gasteiger charge is 2.18. The van der Waals surface area contributed by atoms with Crippen molar-refractivity contribution in [3.8, 4) is 0 Å². The Morgan fingerprint density at radius 1 is 0.962 bits per heavy atom. The number of carbonyl (C=O) groups excluding carboxylic acids is 2. The third-order valence-electron chi connectivity index (χ3n) is 4.23. The van der Waals surface area contributed by atoms with E-state index in [4.69, 9.17) is 5.11 Å². The topological polar surface area (TPSA) is 83.5 Å². The molecule has 0 heterocycles. The van der Waals surface area contributed by atoms with E-state index >= 15 is 0 Å². The molecule has 1 atom stereocenters. The quantitative estimate of drug-likeness (QED) is 0.740. The number of anilines is 1. The minimum Gasteiger partial charge on any atom is -0.481 e. The summed E-state index contributed by atoms with van der Waals surface area (Å²) in [5.74, 6) is -1.63. The van der Waals surface area contributed by atoms with Crippen molar-refractivity contribution >= 4 is 23.3 Å². The predicted molar refractivity (Wildman–Crippen MR) is 100 cm³/mol. The van der Waals surface area contributed by atoms with Crippen molar-refractivity contribution in [3.63, 3.8) is 0 Å². The van der Waals surface area contributed by atoms with Crippen LogP contribution in [0.1, 0.15) is 48.2 Å². The highest BCUT2D eigenvalue weighted by Crippen LogP contribution is 2.22. The lowest BCUT2D eigenvalue weighted by Gasteiger charge is -2.15. The van der Waals surface area contributed by atoms with Gasteiger partial charge in [0.15, 0.2) is 5.78 Å². The molecule has 0 aliphatic carbocycles. The number of carboxylic acids is 1. The Labute approximate surface area is 153 Å². The number of benzene rings is 2. The predicted octanol–water partition coefficient (Wildman–Crippen LogP) is 3.89. The van der Waals surface area contributed by atoms with Gasteiger partial charge in [0, 0.05) is 17.2 Å². The average Bonchev–Trinajstić information content (AvgIpc) is 2.61. The number of hydrogen-bond acceptors (Lipinski definition) is 3. The van der Waals surface area contributed by atoms with Gasteiger partial charge in [-0.05, 0) is 24.1 Å². The van der Waals surface area contributed by atoms with E-state index < -0.39 is 11.9 Å². The van der Waals surface area contributed by atoms with Gasteiger partial charge >= 0.3 is 5.97 Å². The molecule has 0 aliphatic rings. The third-order valence-corrected chi connectivity index (χ3v) is 4.23. The maximum Gasteiger partial charge on any atom is 0.307 e. The molecule has 2 N–H and O–H groups in total. The molecule has 2 aromatic carbocycles. The first-order valence-corrected chi connectivity index (χ1v) is 8.54. The Morgan fingerprint density at radius 3 is 2.15 bits per heavy atom. The lowest BCUT2D eigenvalue weighted by Crippen LogP contribution is -2.20. The molecule has 0 radical (unpaired) electrons. The van der Waals surface area contributed by atoms with Gasteiger partial charge in [0.2, 0.25) is 5.91 Å². The zero-order valence-electron chi connectivity index (χ0n) is 15.2. The number of hydrogen-bond donors (Lipinski definition) is 2. The molecule has 1 unspecified atom stereocenters. The molecule has 5 heteroatoms. The Balaban J connectivity index is 2.13. The number of rotatable bonds is 7. The molecule has 0 spiro atoms. The number of carboxylic acid groups (broad SMARTS) is 1. The second-order valence-corrected chi connectivity index (χ2v) is 6.58. The van der Waals surface area contributed by atoms with Crippen LogP contribution in [0, 0.1) is 5.92 Å². The monoisotopic (exact) mass is 353 g/mol. The van der Waals surface area contributed by atoms with E-state index in [-0.39, 0.29) is 24.0 Å². The van der Waals surface area contributed by atoms with Gasteiger partial charge in [-0.2, -0.15) is 0 Å². The fourth-order valence-corrected chi connectivity index (χ4v) is 2.62. The summed E-state index contributed by atoms with van der Waals surface area (Å²) in [4.78, 5) is 35.5. The Kier molecular flexibility index (Phi) is 6.28. The zero-order valence-corrected chi connectivity index (χ0v) is 15.2. The van der Waals surface area contributed by atoms with Gasteiger partial charge in [-0.25, -0.2) is 0 Å². The van der Waals surface area contributed by atoms with E-state index in [1.54, 1.807) is 55.5 Å². The van der Waals surface area contributed by atoms with E-state index in [0.29, 0.717) is 16.8 Å². The lowest BCUT2D eigenvalue weighted by atomic mass is 9.95. The minimum absolute atomic E-state index is 0.0660. The first kappa shape index (κ1) is 19.4. The normalized spacial score (nSPS) is 11.8. The van der Waals surface area contributed by atoms with Crippen LogP contribution in [0.5, 0.6) is 0 Å². The molecule has 0 aromatic heterocycles. The standard InChI is InChI=1S/C21H23NO4/c1-13(2)20(25)16-10-8-15(9-11-16)14(3)21(26)22-18-7-5-4-6-17(18)12-19(23)24/h4-11,13-14H,12H2,1-3H3,(H,22,26)(H,23,24). The number of amides is 1. The van der Waals surface area contributed by atoms with Crippen molar-refractivity contribution in [2.24, 2.45) is 5.92 Å². The van der Waals surface area contributed by atoms with Crippen molar-refractivity contribution in [3.05, 3.63) is 65.2 Å². The van der Waals surface area contributed by atoms with Crippen LogP contribution >= 0.6 is 0 Å². The van der Waals surface area contributed by atoms with Crippen LogP contribution in [-0.2, 0) is 16.0 Å². The smallest absolute Gasteiger partial charge is 0.307 e. The number of Topliss-reactive ketones (excluding diaryl/α,β-unsaturated/α-hetero) is 1. The van der Waals surface area contributed by atoms with Crippen LogP contribution in [-0.4, -0.2) is 22.8 Å². The summed E-state index contributed by atoms with van der Waals surface area (Å²) in [6, 6.07) is 13.9. The maximum absolute atomic E-state index is 12.6. The van der Waals surface area contributed by atoms with Crippen LogP contribution in [0.3, 0.4) is 0 Å². The molecule has 1 amide bonds. The third kappa shape index (κ3) is 4.79. The SMILES string of the molecule is CC(C)C(=O)c1ccc(C(C)C(=O)Nc2ccccc2CC(=O)O)cc1. The molecule has 0 saturated heterocycles. The molecule has 0 bridgehead atoms. The molecule has 0 fully saturated rings. The average molecular weight is 353 g/mol. The molecule has 26 heavy (non-hydrogen) atoms. The van der Waals surface area contributed by atoms with Gasteiger partial charge in [-0.1, -0.05) is 56.3 Å². The highest BCUT2D eigenvalue weighted by molar-refractivity contribution is 5.98. The molecule has 2 aromatic rings. The summed E-state index contributed by atoms with van der Waals surface area (Å²) >= 11 is 0. The molecule has 136 valence electrons. The van der Waals surface area contributed by atoms with Crippen molar-refractivity contribution in [1.82, 2.24) is 0 Å². The summed E-state index contributed by atoms with van der Waals surface area (Å²) in [6.07, 6.45) is -0.156. The number of nitrogens with one attached hydrogen (secondary N) is 1. The fourth-order valence-electron chi connectivity index (χ4n) is 2.62. The Bertz CT molecular complexity index is 809. The van der Waals surface area contributed by atoms with E-state index in [2.05, 4.69) is 5.32 Å². The van der Waals surface area contributed by atoms with Gasteiger partial charge in [0.05, 0.1) is 12.3 Å². The van der Waals surface area contributed by atoms with Gasteiger partial charge in [0.1, 0.15) is 0 Å². The fraction of sp³-hybridized carbons (Fsp3) is 0.286. The van der Waals surface area contributed by atoms with E-state index in [9.17, 15) is 14.4 Å².